The van der Waals surface area contributed by atoms with Crippen molar-refractivity contribution in [3.63, 3.8) is 0 Å². The zero-order valence-corrected chi connectivity index (χ0v) is 53.1. The van der Waals surface area contributed by atoms with E-state index in [9.17, 15) is 19.2 Å². The third kappa shape index (κ3) is 18.2. The molecular formula is C65H95N4O15P. The maximum Gasteiger partial charge on any atom is 0.412 e. The van der Waals surface area contributed by atoms with E-state index in [-0.39, 0.29) is 36.4 Å². The van der Waals surface area contributed by atoms with Gasteiger partial charge in [0.25, 0.3) is 14.4 Å². The van der Waals surface area contributed by atoms with Gasteiger partial charge >= 0.3 is 18.0 Å². The Kier molecular flexibility index (Phi) is 27.4. The Bertz CT molecular complexity index is 2520. The Balaban J connectivity index is 1.25. The third-order valence-corrected chi connectivity index (χ3v) is 18.2. The summed E-state index contributed by atoms with van der Waals surface area (Å²) in [5, 5.41) is 2.81. The summed E-state index contributed by atoms with van der Waals surface area (Å²) in [5.74, 6) is -0.536. The van der Waals surface area contributed by atoms with Crippen LogP contribution in [0.2, 0.25) is 0 Å². The first-order chi connectivity index (χ1) is 40.9. The number of unbranched alkanes of at least 4 members (excludes halogenated alkanes) is 9. The van der Waals surface area contributed by atoms with Crippen LogP contribution in [0.3, 0.4) is 0 Å². The highest BCUT2D eigenvalue weighted by molar-refractivity contribution is 7.44. The van der Waals surface area contributed by atoms with Crippen molar-refractivity contribution < 1.29 is 70.9 Å². The van der Waals surface area contributed by atoms with Crippen molar-refractivity contribution in [2.75, 3.05) is 54.7 Å². The monoisotopic (exact) mass is 1200 g/mol. The average Bonchev–Trinajstić information content (AvgIpc) is 1.76. The molecular weight excluding hydrogens is 1110 g/mol. The fraction of sp³-hybridized carbons (Fsp3) is 0.600. The molecule has 1 N–H and O–H groups in total. The van der Waals surface area contributed by atoms with Gasteiger partial charge in [0.1, 0.15) is 41.2 Å². The number of ether oxygens (including phenoxy) is 9. The van der Waals surface area contributed by atoms with Gasteiger partial charge in [0.2, 0.25) is 6.29 Å². The topological polar surface area (TPSA) is 192 Å². The number of esters is 2. The zero-order valence-electron chi connectivity index (χ0n) is 52.2. The summed E-state index contributed by atoms with van der Waals surface area (Å²) in [5.41, 5.74) is 1.35. The molecule has 0 aromatic heterocycles. The first-order valence-corrected chi connectivity index (χ1v) is 31.4. The van der Waals surface area contributed by atoms with E-state index in [0.717, 1.165) is 42.4 Å². The quantitative estimate of drug-likeness (QED) is 0.0195. The summed E-state index contributed by atoms with van der Waals surface area (Å²) in [7, 11) is 4.34. The second kappa shape index (κ2) is 34.1. The van der Waals surface area contributed by atoms with Gasteiger partial charge in [-0.2, -0.15) is 0 Å². The molecule has 2 amide bonds. The third-order valence-electron chi connectivity index (χ3n) is 16.0. The van der Waals surface area contributed by atoms with Gasteiger partial charge in [-0.25, -0.2) is 14.3 Å². The van der Waals surface area contributed by atoms with Crippen LogP contribution in [-0.2, 0) is 62.2 Å². The van der Waals surface area contributed by atoms with E-state index in [1.165, 1.54) is 45.8 Å². The predicted octanol–water partition coefficient (Wildman–Crippen LogP) is 11.8. The molecule has 0 spiro atoms. The largest absolute Gasteiger partial charge is 0.497 e. The van der Waals surface area contributed by atoms with Crippen molar-refractivity contribution in [1.82, 2.24) is 19.8 Å². The average molecular weight is 1200 g/mol. The Morgan fingerprint density at radius 1 is 0.718 bits per heavy atom. The molecule has 470 valence electrons. The van der Waals surface area contributed by atoms with Crippen molar-refractivity contribution in [2.24, 2.45) is 11.8 Å². The predicted molar refractivity (Wildman–Crippen MR) is 325 cm³/mol. The molecule has 0 radical (unpaired) electrons. The van der Waals surface area contributed by atoms with E-state index in [4.69, 9.17) is 51.7 Å². The second-order valence-corrected chi connectivity index (χ2v) is 24.0. The SMILES string of the molecule is C=C1NC(=O)C=CN1[C@@H]1O[C@H](COC(c2ccccc2)(c2ccc(OC)cc2)c2ccc(OC)cc2)C(OP(OCCCCCN(CCCCCCCCCC)C(=O)OC2OC(C(=O)OC)C(C)C(C)C2OC(C)=O)N(C(C)C)C(C)C)[C@@H]1OC. The van der Waals surface area contributed by atoms with Crippen molar-refractivity contribution in [1.29, 1.82) is 0 Å². The van der Waals surface area contributed by atoms with E-state index in [1.807, 2.05) is 92.7 Å². The van der Waals surface area contributed by atoms with Crippen molar-refractivity contribution in [3.05, 3.63) is 120 Å². The fourth-order valence-corrected chi connectivity index (χ4v) is 13.1. The minimum atomic E-state index is -1.81. The molecule has 0 bridgehead atoms. The fourth-order valence-electron chi connectivity index (χ4n) is 11.3. The number of nitrogens with one attached hydrogen (secondary N) is 1. The summed E-state index contributed by atoms with van der Waals surface area (Å²) in [6, 6.07) is 25.7. The van der Waals surface area contributed by atoms with Gasteiger partial charge in [0, 0.05) is 57.4 Å². The van der Waals surface area contributed by atoms with Crippen LogP contribution in [0.15, 0.2) is 104 Å². The molecule has 10 atom stereocenters. The molecule has 2 saturated heterocycles. The number of carbonyl (C=O) groups excluding carboxylic acids is 4. The number of rotatable bonds is 34. The molecule has 7 unspecified atom stereocenters. The Morgan fingerprint density at radius 3 is 1.81 bits per heavy atom. The van der Waals surface area contributed by atoms with E-state index >= 15 is 0 Å². The van der Waals surface area contributed by atoms with Gasteiger partial charge in [-0.1, -0.05) is 127 Å². The highest BCUT2D eigenvalue weighted by atomic mass is 31.2. The molecule has 0 aliphatic carbocycles. The summed E-state index contributed by atoms with van der Waals surface area (Å²) < 4.78 is 71.5. The molecule has 6 rings (SSSR count). The van der Waals surface area contributed by atoms with Gasteiger partial charge in [0.15, 0.2) is 18.4 Å². The normalized spacial score (nSPS) is 22.8. The molecule has 85 heavy (non-hydrogen) atoms. The van der Waals surface area contributed by atoms with E-state index in [0.29, 0.717) is 56.3 Å². The minimum Gasteiger partial charge on any atom is -0.497 e. The summed E-state index contributed by atoms with van der Waals surface area (Å²) in [6.07, 6.45) is 6.73. The number of benzene rings is 3. The van der Waals surface area contributed by atoms with Gasteiger partial charge in [-0.3, -0.25) is 9.59 Å². The van der Waals surface area contributed by atoms with Gasteiger partial charge < -0.3 is 66.8 Å². The second-order valence-electron chi connectivity index (χ2n) is 22.6. The first-order valence-electron chi connectivity index (χ1n) is 30.3. The summed E-state index contributed by atoms with van der Waals surface area (Å²) in [6.45, 7) is 20.9. The van der Waals surface area contributed by atoms with Crippen LogP contribution >= 0.6 is 8.53 Å². The number of methoxy groups -OCH3 is 4. The van der Waals surface area contributed by atoms with E-state index in [1.54, 1.807) is 37.3 Å². The molecule has 3 aliphatic rings. The van der Waals surface area contributed by atoms with Crippen molar-refractivity contribution >= 4 is 32.5 Å². The van der Waals surface area contributed by atoms with E-state index in [2.05, 4.69) is 51.2 Å². The Hall–Kier alpha value is -5.63. The molecule has 20 heteroatoms. The number of amides is 2. The number of carbonyl (C=O) groups is 4. The molecule has 2 fully saturated rings. The lowest BCUT2D eigenvalue weighted by molar-refractivity contribution is -0.258. The molecule has 19 nitrogen and oxygen atoms in total. The summed E-state index contributed by atoms with van der Waals surface area (Å²) >= 11 is 0. The molecule has 3 aromatic rings. The van der Waals surface area contributed by atoms with Gasteiger partial charge in [0.05, 0.1) is 34.5 Å². The van der Waals surface area contributed by atoms with Gasteiger partial charge in [-0.05, 0) is 100 Å². The van der Waals surface area contributed by atoms with Crippen molar-refractivity contribution in [3.8, 4) is 11.5 Å². The molecule has 0 saturated carbocycles. The maximum atomic E-state index is 14.2. The van der Waals surface area contributed by atoms with Crippen LogP contribution in [0, 0.1) is 11.8 Å². The molecule has 3 aromatic carbocycles. The van der Waals surface area contributed by atoms with Crippen LogP contribution in [0.5, 0.6) is 11.5 Å². The lowest BCUT2D eigenvalue weighted by Crippen LogP contribution is -2.55. The van der Waals surface area contributed by atoms with Crippen LogP contribution in [-0.4, -0.2) is 148 Å². The Labute approximate surface area is 506 Å². The lowest BCUT2D eigenvalue weighted by Gasteiger charge is -2.42. The highest BCUT2D eigenvalue weighted by Crippen LogP contribution is 2.51. The maximum absolute atomic E-state index is 14.2. The highest BCUT2D eigenvalue weighted by Gasteiger charge is 2.53. The lowest BCUT2D eigenvalue weighted by atomic mass is 9.80. The standard InChI is InChI=1S/C65H95N4O15P/c1-14-15-16-17-18-19-20-25-39-67(64(73)83-63-58(80-49(9)70)47(7)46(6)57(82-63)62(72)77-13)40-26-22-27-42-79-85(69(44(2)3)45(4)5)84-59-55(81-61(60(59)76-12)68-41-38-56(71)66-48(68)8)43-78-65(50-28-23-21-24-29-50,51-30-34-53(74-10)35-31-51)52-32-36-54(75-11)37-33-52/h21,23-24,28-38,41,44-47,55,57-61,63H,8,14-20,22,25-27,39-40,42-43H2,1-7,9-13H3,(H,66,71)/t46?,47?,55-,57?,58?,59?,60+,61-,63?,85?/m1/s1. The minimum absolute atomic E-state index is 0.00389. The molecule has 3 aliphatic heterocycles. The van der Waals surface area contributed by atoms with Crippen LogP contribution in [0.4, 0.5) is 4.79 Å². The first kappa shape index (κ1) is 68.5. The Morgan fingerprint density at radius 2 is 1.28 bits per heavy atom. The summed E-state index contributed by atoms with van der Waals surface area (Å²) in [4.78, 5) is 55.4. The van der Waals surface area contributed by atoms with Crippen LogP contribution in [0.1, 0.15) is 143 Å². The zero-order chi connectivity index (χ0) is 61.6. The molecule has 3 heterocycles. The van der Waals surface area contributed by atoms with E-state index < -0.39 is 75.2 Å². The van der Waals surface area contributed by atoms with Crippen LogP contribution in [0.25, 0.3) is 0 Å². The smallest absolute Gasteiger partial charge is 0.412 e. The number of hydrogen-bond acceptors (Lipinski definition) is 17. The number of nitrogens with zero attached hydrogens (tertiary/aromatic N) is 3. The number of hydrogen-bond donors (Lipinski definition) is 1. The van der Waals surface area contributed by atoms with Gasteiger partial charge in [-0.15, -0.1) is 0 Å². The van der Waals surface area contributed by atoms with Crippen LogP contribution < -0.4 is 14.8 Å². The van der Waals surface area contributed by atoms with Crippen molar-refractivity contribution in [2.45, 2.75) is 187 Å².